The molecule has 1 rings (SSSR count). The molecule has 1 heterocycles. The summed E-state index contributed by atoms with van der Waals surface area (Å²) in [5.74, 6) is 0. The minimum Gasteiger partial charge on any atom is -0.444 e. The van der Waals surface area contributed by atoms with E-state index in [-0.39, 0.29) is 12.6 Å². The fourth-order valence-electron chi connectivity index (χ4n) is 1.44. The van der Waals surface area contributed by atoms with Crippen LogP contribution in [0.3, 0.4) is 0 Å². The molecule has 0 aliphatic rings. The summed E-state index contributed by atoms with van der Waals surface area (Å²) in [4.78, 5) is 15.5. The summed E-state index contributed by atoms with van der Waals surface area (Å²) in [6, 6.07) is 3.33. The zero-order valence-electron chi connectivity index (χ0n) is 11.0. The highest BCUT2D eigenvalue weighted by atomic mass is 16.6. The molecule has 0 radical (unpaired) electrons. The van der Waals surface area contributed by atoms with Crippen LogP contribution in [0.25, 0.3) is 0 Å². The Labute approximate surface area is 107 Å². The Morgan fingerprint density at radius 2 is 2.06 bits per heavy atom. The molecule has 1 aromatic rings. The Bertz CT molecular complexity index is 374. The second kappa shape index (κ2) is 6.35. The fourth-order valence-corrected chi connectivity index (χ4v) is 1.44. The van der Waals surface area contributed by atoms with Crippen LogP contribution in [0.4, 0.5) is 4.79 Å². The first-order chi connectivity index (χ1) is 8.40. The van der Waals surface area contributed by atoms with E-state index in [1.807, 2.05) is 12.1 Å². The van der Waals surface area contributed by atoms with Crippen LogP contribution in [0.1, 0.15) is 26.3 Å². The molecule has 5 heteroatoms. The molecular formula is C13H20N2O3. The lowest BCUT2D eigenvalue weighted by atomic mass is 10.1. The van der Waals surface area contributed by atoms with E-state index in [9.17, 15) is 9.90 Å². The second-order valence-electron chi connectivity index (χ2n) is 5.09. The molecule has 2 N–H and O–H groups in total. The van der Waals surface area contributed by atoms with Gasteiger partial charge in [-0.15, -0.1) is 0 Å². The summed E-state index contributed by atoms with van der Waals surface area (Å²) in [6.45, 7) is 5.25. The molecule has 0 unspecified atom stereocenters. The maximum atomic E-state index is 11.6. The van der Waals surface area contributed by atoms with Gasteiger partial charge in [-0.25, -0.2) is 4.79 Å². The van der Waals surface area contributed by atoms with Gasteiger partial charge in [0.2, 0.25) is 0 Å². The standard InChI is InChI=1S/C13H20N2O3/c1-13(2,3)18-12(17)15-11(9-16)8-10-4-6-14-7-5-10/h4-7,11,16H,8-9H2,1-3H3,(H,15,17)/t11-/m0/s1. The molecule has 0 fully saturated rings. The van der Waals surface area contributed by atoms with Gasteiger partial charge in [0.05, 0.1) is 12.6 Å². The maximum Gasteiger partial charge on any atom is 0.407 e. The van der Waals surface area contributed by atoms with Crippen LogP contribution in [-0.4, -0.2) is 34.4 Å². The first kappa shape index (κ1) is 14.4. The first-order valence-electron chi connectivity index (χ1n) is 5.90. The van der Waals surface area contributed by atoms with Crippen molar-refractivity contribution in [3.63, 3.8) is 0 Å². The number of amides is 1. The van der Waals surface area contributed by atoms with Gasteiger partial charge in [0, 0.05) is 12.4 Å². The lowest BCUT2D eigenvalue weighted by Gasteiger charge is -2.22. The molecule has 0 aliphatic carbocycles. The topological polar surface area (TPSA) is 71.5 Å². The second-order valence-corrected chi connectivity index (χ2v) is 5.09. The summed E-state index contributed by atoms with van der Waals surface area (Å²) in [5, 5.41) is 11.9. The third-order valence-electron chi connectivity index (χ3n) is 2.17. The normalized spacial score (nSPS) is 12.9. The average Bonchev–Trinajstić information content (AvgIpc) is 2.27. The number of aromatic nitrogens is 1. The molecular weight excluding hydrogens is 232 g/mol. The SMILES string of the molecule is CC(C)(C)OC(=O)N[C@H](CO)Cc1ccncc1. The van der Waals surface area contributed by atoms with E-state index in [0.717, 1.165) is 5.56 Å². The molecule has 0 saturated carbocycles. The summed E-state index contributed by atoms with van der Waals surface area (Å²) in [7, 11) is 0. The van der Waals surface area contributed by atoms with E-state index in [0.29, 0.717) is 6.42 Å². The molecule has 100 valence electrons. The molecule has 0 aliphatic heterocycles. The zero-order valence-corrected chi connectivity index (χ0v) is 11.0. The smallest absolute Gasteiger partial charge is 0.407 e. The molecule has 5 nitrogen and oxygen atoms in total. The number of alkyl carbamates (subject to hydrolysis) is 1. The lowest BCUT2D eigenvalue weighted by molar-refractivity contribution is 0.0483. The van der Waals surface area contributed by atoms with Crippen molar-refractivity contribution >= 4 is 6.09 Å². The Balaban J connectivity index is 2.50. The van der Waals surface area contributed by atoms with Crippen molar-refractivity contribution < 1.29 is 14.6 Å². The van der Waals surface area contributed by atoms with Gasteiger partial charge in [0.25, 0.3) is 0 Å². The molecule has 18 heavy (non-hydrogen) atoms. The van der Waals surface area contributed by atoms with Crippen LogP contribution < -0.4 is 5.32 Å². The molecule has 1 atom stereocenters. The number of aliphatic hydroxyl groups is 1. The van der Waals surface area contributed by atoms with Crippen LogP contribution in [-0.2, 0) is 11.2 Å². The van der Waals surface area contributed by atoms with Gasteiger partial charge in [0.1, 0.15) is 5.60 Å². The van der Waals surface area contributed by atoms with E-state index < -0.39 is 11.7 Å². The average molecular weight is 252 g/mol. The minimum atomic E-state index is -0.541. The highest BCUT2D eigenvalue weighted by molar-refractivity contribution is 5.68. The zero-order chi connectivity index (χ0) is 13.6. The number of hydrogen-bond acceptors (Lipinski definition) is 4. The van der Waals surface area contributed by atoms with Gasteiger partial charge in [-0.2, -0.15) is 0 Å². The van der Waals surface area contributed by atoms with Crippen LogP contribution in [0.2, 0.25) is 0 Å². The van der Waals surface area contributed by atoms with E-state index in [1.165, 1.54) is 0 Å². The third-order valence-corrected chi connectivity index (χ3v) is 2.17. The largest absolute Gasteiger partial charge is 0.444 e. The molecule has 1 aromatic heterocycles. The number of carbonyl (C=O) groups is 1. The van der Waals surface area contributed by atoms with Crippen molar-refractivity contribution in [3.8, 4) is 0 Å². The lowest BCUT2D eigenvalue weighted by Crippen LogP contribution is -2.42. The van der Waals surface area contributed by atoms with E-state index in [2.05, 4.69) is 10.3 Å². The third kappa shape index (κ3) is 5.63. The molecule has 0 spiro atoms. The number of nitrogens with one attached hydrogen (secondary N) is 1. The maximum absolute atomic E-state index is 11.6. The van der Waals surface area contributed by atoms with Crippen LogP contribution >= 0.6 is 0 Å². The van der Waals surface area contributed by atoms with Gasteiger partial charge < -0.3 is 15.2 Å². The molecule has 0 aromatic carbocycles. The number of carbonyl (C=O) groups excluding carboxylic acids is 1. The summed E-state index contributed by atoms with van der Waals surface area (Å²) >= 11 is 0. The summed E-state index contributed by atoms with van der Waals surface area (Å²) < 4.78 is 5.13. The first-order valence-corrected chi connectivity index (χ1v) is 5.90. The molecule has 0 bridgehead atoms. The van der Waals surface area contributed by atoms with Crippen LogP contribution in [0.15, 0.2) is 24.5 Å². The van der Waals surface area contributed by atoms with Crippen molar-refractivity contribution in [2.24, 2.45) is 0 Å². The van der Waals surface area contributed by atoms with Crippen molar-refractivity contribution in [1.29, 1.82) is 0 Å². The number of pyridine rings is 1. The number of aliphatic hydroxyl groups excluding tert-OH is 1. The summed E-state index contributed by atoms with van der Waals surface area (Å²) in [5.41, 5.74) is 0.459. The Kier molecular flexibility index (Phi) is 5.09. The number of ether oxygens (including phenoxy) is 1. The van der Waals surface area contributed by atoms with Gasteiger partial charge in [0.15, 0.2) is 0 Å². The minimum absolute atomic E-state index is 0.137. The predicted octanol–water partition coefficient (Wildman–Crippen LogP) is 1.51. The monoisotopic (exact) mass is 252 g/mol. The van der Waals surface area contributed by atoms with Crippen molar-refractivity contribution in [3.05, 3.63) is 30.1 Å². The van der Waals surface area contributed by atoms with E-state index >= 15 is 0 Å². The molecule has 0 saturated heterocycles. The van der Waals surface area contributed by atoms with Crippen molar-refractivity contribution in [2.45, 2.75) is 38.8 Å². The summed E-state index contributed by atoms with van der Waals surface area (Å²) in [6.07, 6.45) is 3.38. The predicted molar refractivity (Wildman–Crippen MR) is 68.2 cm³/mol. The number of rotatable bonds is 4. The quantitative estimate of drug-likeness (QED) is 0.852. The highest BCUT2D eigenvalue weighted by Crippen LogP contribution is 2.08. The van der Waals surface area contributed by atoms with E-state index in [1.54, 1.807) is 33.2 Å². The number of hydrogen-bond donors (Lipinski definition) is 2. The van der Waals surface area contributed by atoms with Gasteiger partial charge in [-0.05, 0) is 44.9 Å². The Morgan fingerprint density at radius 3 is 2.56 bits per heavy atom. The fraction of sp³-hybridized carbons (Fsp3) is 0.538. The molecule has 1 amide bonds. The van der Waals surface area contributed by atoms with Crippen LogP contribution in [0.5, 0.6) is 0 Å². The van der Waals surface area contributed by atoms with E-state index in [4.69, 9.17) is 4.74 Å². The highest BCUT2D eigenvalue weighted by Gasteiger charge is 2.19. The van der Waals surface area contributed by atoms with Gasteiger partial charge in [-0.3, -0.25) is 4.98 Å². The van der Waals surface area contributed by atoms with Crippen molar-refractivity contribution in [1.82, 2.24) is 10.3 Å². The van der Waals surface area contributed by atoms with Gasteiger partial charge >= 0.3 is 6.09 Å². The number of nitrogens with zero attached hydrogens (tertiary/aromatic N) is 1. The Hall–Kier alpha value is -1.62. The van der Waals surface area contributed by atoms with Crippen LogP contribution in [0, 0.1) is 0 Å². The van der Waals surface area contributed by atoms with Gasteiger partial charge in [-0.1, -0.05) is 0 Å². The van der Waals surface area contributed by atoms with Crippen molar-refractivity contribution in [2.75, 3.05) is 6.61 Å². The Morgan fingerprint density at radius 1 is 1.44 bits per heavy atom.